The van der Waals surface area contributed by atoms with Crippen molar-refractivity contribution in [3.05, 3.63) is 0 Å². The molecule has 3 atom stereocenters. The maximum Gasteiger partial charge on any atom is 0.0180 e. The fourth-order valence-electron chi connectivity index (χ4n) is 4.10. The molecule has 0 aliphatic heterocycles. The van der Waals surface area contributed by atoms with Gasteiger partial charge in [0.25, 0.3) is 0 Å². The normalized spacial score (nSPS) is 43.6. The SMILES string of the molecule is CC(C)(C)NC1C(C)(C)[C@@H]2CC[C@@]1(C)C2. The summed E-state index contributed by atoms with van der Waals surface area (Å²) in [4.78, 5) is 0. The van der Waals surface area contributed by atoms with E-state index in [4.69, 9.17) is 0 Å². The summed E-state index contributed by atoms with van der Waals surface area (Å²) in [6.07, 6.45) is 4.31. The third kappa shape index (κ3) is 1.73. The summed E-state index contributed by atoms with van der Waals surface area (Å²) >= 11 is 0. The van der Waals surface area contributed by atoms with Gasteiger partial charge < -0.3 is 5.32 Å². The van der Waals surface area contributed by atoms with Gasteiger partial charge in [-0.2, -0.15) is 0 Å². The molecule has 0 saturated heterocycles. The van der Waals surface area contributed by atoms with Crippen LogP contribution in [0.1, 0.15) is 60.8 Å². The van der Waals surface area contributed by atoms with Gasteiger partial charge in [-0.1, -0.05) is 20.8 Å². The zero-order chi connectivity index (χ0) is 11.5. The van der Waals surface area contributed by atoms with Crippen LogP contribution < -0.4 is 5.32 Å². The predicted octanol–water partition coefficient (Wildman–Crippen LogP) is 3.59. The van der Waals surface area contributed by atoms with E-state index in [0.29, 0.717) is 16.9 Å². The first-order chi connectivity index (χ1) is 6.65. The average molecular weight is 209 g/mol. The Bertz CT molecular complexity index is 256. The lowest BCUT2D eigenvalue weighted by molar-refractivity contribution is 0.0869. The fourth-order valence-corrected chi connectivity index (χ4v) is 4.10. The highest BCUT2D eigenvalue weighted by Crippen LogP contribution is 2.62. The number of hydrogen-bond donors (Lipinski definition) is 1. The molecule has 2 fully saturated rings. The molecule has 0 amide bonds. The summed E-state index contributed by atoms with van der Waals surface area (Å²) in [7, 11) is 0. The molecule has 15 heavy (non-hydrogen) atoms. The maximum atomic E-state index is 3.88. The van der Waals surface area contributed by atoms with Crippen LogP contribution in [0.2, 0.25) is 0 Å². The summed E-state index contributed by atoms with van der Waals surface area (Å²) in [6, 6.07) is 0.698. The van der Waals surface area contributed by atoms with Gasteiger partial charge in [0.15, 0.2) is 0 Å². The van der Waals surface area contributed by atoms with E-state index in [1.165, 1.54) is 19.3 Å². The van der Waals surface area contributed by atoms with Crippen LogP contribution in [0.25, 0.3) is 0 Å². The highest BCUT2D eigenvalue weighted by molar-refractivity contribution is 5.13. The lowest BCUT2D eigenvalue weighted by Gasteiger charge is -2.46. The molecule has 0 heterocycles. The van der Waals surface area contributed by atoms with Gasteiger partial charge in [0.2, 0.25) is 0 Å². The van der Waals surface area contributed by atoms with Gasteiger partial charge in [0.05, 0.1) is 0 Å². The van der Waals surface area contributed by atoms with Crippen molar-refractivity contribution < 1.29 is 0 Å². The van der Waals surface area contributed by atoms with Crippen molar-refractivity contribution in [3.63, 3.8) is 0 Å². The van der Waals surface area contributed by atoms with Crippen LogP contribution in [0.15, 0.2) is 0 Å². The predicted molar refractivity (Wildman–Crippen MR) is 65.9 cm³/mol. The van der Waals surface area contributed by atoms with Crippen LogP contribution in [0.5, 0.6) is 0 Å². The third-order valence-corrected chi connectivity index (χ3v) is 4.85. The molecule has 88 valence electrons. The Morgan fingerprint density at radius 3 is 2.13 bits per heavy atom. The van der Waals surface area contributed by atoms with Crippen LogP contribution in [0.4, 0.5) is 0 Å². The van der Waals surface area contributed by atoms with Crippen LogP contribution >= 0.6 is 0 Å². The van der Waals surface area contributed by atoms with E-state index in [-0.39, 0.29) is 5.54 Å². The first kappa shape index (κ1) is 11.4. The number of fused-ring (bicyclic) bond motifs is 2. The van der Waals surface area contributed by atoms with Gasteiger partial charge in [0.1, 0.15) is 0 Å². The van der Waals surface area contributed by atoms with Crippen LogP contribution in [0.3, 0.4) is 0 Å². The summed E-state index contributed by atoms with van der Waals surface area (Å²) in [5.41, 5.74) is 1.29. The molecular weight excluding hydrogens is 182 g/mol. The molecule has 2 rings (SSSR count). The van der Waals surface area contributed by atoms with E-state index < -0.39 is 0 Å². The van der Waals surface area contributed by atoms with Crippen molar-refractivity contribution in [2.24, 2.45) is 16.7 Å². The lowest BCUT2D eigenvalue weighted by Crippen LogP contribution is -2.56. The first-order valence-electron chi connectivity index (χ1n) is 6.43. The van der Waals surface area contributed by atoms with Crippen LogP contribution in [0, 0.1) is 16.7 Å². The molecule has 0 aromatic carbocycles. The van der Waals surface area contributed by atoms with Crippen LogP contribution in [-0.4, -0.2) is 11.6 Å². The Labute approximate surface area is 95.0 Å². The van der Waals surface area contributed by atoms with Crippen molar-refractivity contribution in [1.29, 1.82) is 0 Å². The molecule has 2 saturated carbocycles. The van der Waals surface area contributed by atoms with Crippen molar-refractivity contribution in [3.8, 4) is 0 Å². The zero-order valence-electron chi connectivity index (χ0n) is 11.3. The Morgan fingerprint density at radius 1 is 1.13 bits per heavy atom. The van der Waals surface area contributed by atoms with E-state index in [2.05, 4.69) is 46.9 Å². The van der Waals surface area contributed by atoms with Crippen molar-refractivity contribution in [1.82, 2.24) is 5.32 Å². The molecule has 1 unspecified atom stereocenters. The van der Waals surface area contributed by atoms with Crippen molar-refractivity contribution >= 4 is 0 Å². The van der Waals surface area contributed by atoms with E-state index in [9.17, 15) is 0 Å². The second kappa shape index (κ2) is 3.00. The molecule has 1 heteroatoms. The summed E-state index contributed by atoms with van der Waals surface area (Å²) in [5, 5.41) is 3.88. The Hall–Kier alpha value is -0.0400. The molecule has 2 bridgehead atoms. The van der Waals surface area contributed by atoms with Gasteiger partial charge in [-0.3, -0.25) is 0 Å². The van der Waals surface area contributed by atoms with Crippen molar-refractivity contribution in [2.75, 3.05) is 0 Å². The fraction of sp³-hybridized carbons (Fsp3) is 1.00. The van der Waals surface area contributed by atoms with Gasteiger partial charge in [-0.15, -0.1) is 0 Å². The molecule has 0 spiro atoms. The molecule has 1 N–H and O–H groups in total. The molecule has 2 aliphatic carbocycles. The van der Waals surface area contributed by atoms with Gasteiger partial charge >= 0.3 is 0 Å². The molecule has 2 aliphatic rings. The molecule has 0 aromatic rings. The first-order valence-corrected chi connectivity index (χ1v) is 6.43. The summed E-state index contributed by atoms with van der Waals surface area (Å²) < 4.78 is 0. The monoisotopic (exact) mass is 209 g/mol. The Kier molecular flexibility index (Phi) is 2.29. The molecular formula is C14H27N. The standard InChI is InChI=1S/C14H27N/c1-12(2,3)15-11-13(4,5)10-7-8-14(11,6)9-10/h10-11,15H,7-9H2,1-6H3/t10-,11?,14+/m1/s1. The Morgan fingerprint density at radius 2 is 1.73 bits per heavy atom. The van der Waals surface area contributed by atoms with Gasteiger partial charge in [-0.05, 0) is 56.8 Å². The number of rotatable bonds is 1. The maximum absolute atomic E-state index is 3.88. The number of nitrogens with one attached hydrogen (secondary N) is 1. The van der Waals surface area contributed by atoms with Crippen LogP contribution in [-0.2, 0) is 0 Å². The topological polar surface area (TPSA) is 12.0 Å². The smallest absolute Gasteiger partial charge is 0.0180 e. The van der Waals surface area contributed by atoms with Crippen molar-refractivity contribution in [2.45, 2.75) is 72.4 Å². The highest BCUT2D eigenvalue weighted by Gasteiger charge is 2.59. The second-order valence-electron chi connectivity index (χ2n) is 7.74. The third-order valence-electron chi connectivity index (χ3n) is 4.85. The second-order valence-corrected chi connectivity index (χ2v) is 7.74. The minimum atomic E-state index is 0.245. The Balaban J connectivity index is 2.23. The molecule has 0 radical (unpaired) electrons. The van der Waals surface area contributed by atoms with E-state index in [1.807, 2.05) is 0 Å². The van der Waals surface area contributed by atoms with Gasteiger partial charge in [-0.25, -0.2) is 0 Å². The average Bonchev–Trinajstić information content (AvgIpc) is 2.48. The van der Waals surface area contributed by atoms with E-state index in [0.717, 1.165) is 5.92 Å². The van der Waals surface area contributed by atoms with E-state index in [1.54, 1.807) is 0 Å². The quantitative estimate of drug-likeness (QED) is 0.696. The minimum Gasteiger partial charge on any atom is -0.308 e. The van der Waals surface area contributed by atoms with Gasteiger partial charge in [0, 0.05) is 11.6 Å². The highest BCUT2D eigenvalue weighted by atomic mass is 15.0. The van der Waals surface area contributed by atoms with E-state index >= 15 is 0 Å². The zero-order valence-corrected chi connectivity index (χ0v) is 11.3. The summed E-state index contributed by atoms with van der Waals surface area (Å²) in [6.45, 7) is 14.3. The minimum absolute atomic E-state index is 0.245. The lowest BCUT2D eigenvalue weighted by atomic mass is 9.68. The summed E-state index contributed by atoms with van der Waals surface area (Å²) in [5.74, 6) is 0.947. The molecule has 1 nitrogen and oxygen atoms in total. The largest absolute Gasteiger partial charge is 0.308 e. The molecule has 0 aromatic heterocycles. The number of hydrogen-bond acceptors (Lipinski definition) is 1.